The van der Waals surface area contributed by atoms with Gasteiger partial charge in [-0.1, -0.05) is 35.3 Å². The summed E-state index contributed by atoms with van der Waals surface area (Å²) in [6, 6.07) is 11.4. The molecule has 2 nitrogen and oxygen atoms in total. The largest absolute Gasteiger partial charge is 0.506 e. The second kappa shape index (κ2) is 5.81. The summed E-state index contributed by atoms with van der Waals surface area (Å²) in [5.41, 5.74) is 2.22. The van der Waals surface area contributed by atoms with E-state index in [2.05, 4.69) is 0 Å². The summed E-state index contributed by atoms with van der Waals surface area (Å²) in [6.07, 6.45) is 6.34. The van der Waals surface area contributed by atoms with E-state index in [-0.39, 0.29) is 16.9 Å². The molecule has 0 spiro atoms. The quantitative estimate of drug-likeness (QED) is 0.647. The molecule has 2 aromatic rings. The molecule has 0 aliphatic heterocycles. The Labute approximate surface area is 163 Å². The first-order chi connectivity index (χ1) is 12.5. The molecule has 0 atom stereocenters. The minimum Gasteiger partial charge on any atom is -0.506 e. The van der Waals surface area contributed by atoms with Gasteiger partial charge in [-0.25, -0.2) is 0 Å². The molecule has 2 aromatic carbocycles. The lowest BCUT2D eigenvalue weighted by Gasteiger charge is -2.62. The molecule has 136 valence electrons. The summed E-state index contributed by atoms with van der Waals surface area (Å²) in [5.74, 6) is 3.03. The van der Waals surface area contributed by atoms with Crippen molar-refractivity contribution in [2.45, 2.75) is 37.5 Å². The van der Waals surface area contributed by atoms with Gasteiger partial charge in [-0.2, -0.15) is 0 Å². The molecule has 4 saturated carbocycles. The Morgan fingerprint density at radius 1 is 0.692 bits per heavy atom. The van der Waals surface area contributed by atoms with Gasteiger partial charge in [0.2, 0.25) is 0 Å². The summed E-state index contributed by atoms with van der Waals surface area (Å²) in [4.78, 5) is 0. The van der Waals surface area contributed by atoms with E-state index in [4.69, 9.17) is 23.2 Å². The minimum atomic E-state index is -0.137. The minimum absolute atomic E-state index is 0.123. The van der Waals surface area contributed by atoms with Gasteiger partial charge in [0.25, 0.3) is 0 Å². The van der Waals surface area contributed by atoms with Crippen LogP contribution in [0.5, 0.6) is 11.5 Å². The van der Waals surface area contributed by atoms with E-state index in [9.17, 15) is 10.2 Å². The van der Waals surface area contributed by atoms with Crippen LogP contribution in [0.3, 0.4) is 0 Å². The molecular weight excluding hydrogens is 367 g/mol. The molecule has 0 radical (unpaired) electrons. The van der Waals surface area contributed by atoms with Gasteiger partial charge in [-0.3, -0.25) is 0 Å². The number of halogens is 2. The van der Waals surface area contributed by atoms with Gasteiger partial charge in [0.05, 0.1) is 10.0 Å². The lowest BCUT2D eigenvalue weighted by atomic mass is 9.42. The average Bonchev–Trinajstić information content (AvgIpc) is 2.60. The number of benzene rings is 2. The first-order valence-electron chi connectivity index (χ1n) is 9.46. The van der Waals surface area contributed by atoms with Crippen molar-refractivity contribution in [2.24, 2.45) is 23.7 Å². The van der Waals surface area contributed by atoms with Crippen LogP contribution in [0.4, 0.5) is 0 Å². The van der Waals surface area contributed by atoms with Gasteiger partial charge in [0, 0.05) is 5.41 Å². The molecule has 4 fully saturated rings. The topological polar surface area (TPSA) is 40.5 Å². The fraction of sp³-hybridized carbons (Fsp3) is 0.455. The Hall–Kier alpha value is -1.38. The van der Waals surface area contributed by atoms with E-state index in [0.29, 0.717) is 21.9 Å². The Bertz CT molecular complexity index is 795. The molecule has 0 amide bonds. The zero-order valence-corrected chi connectivity index (χ0v) is 16.0. The van der Waals surface area contributed by atoms with Crippen LogP contribution in [-0.2, 0) is 5.41 Å². The van der Waals surface area contributed by atoms with Gasteiger partial charge >= 0.3 is 0 Å². The van der Waals surface area contributed by atoms with Gasteiger partial charge < -0.3 is 10.2 Å². The summed E-state index contributed by atoms with van der Waals surface area (Å²) in [6.45, 7) is 0. The molecule has 0 heterocycles. The average molecular weight is 389 g/mol. The maximum Gasteiger partial charge on any atom is 0.134 e. The Morgan fingerprint density at radius 2 is 1.12 bits per heavy atom. The zero-order valence-electron chi connectivity index (χ0n) is 14.5. The van der Waals surface area contributed by atoms with Crippen LogP contribution in [0.1, 0.15) is 43.2 Å². The molecule has 4 heteroatoms. The predicted molar refractivity (Wildman–Crippen MR) is 104 cm³/mol. The number of hydrogen-bond acceptors (Lipinski definition) is 2. The van der Waals surface area contributed by atoms with Gasteiger partial charge in [-0.05, 0) is 91.2 Å². The molecule has 4 aliphatic carbocycles. The lowest BCUT2D eigenvalue weighted by Crippen LogP contribution is -2.56. The van der Waals surface area contributed by atoms with Crippen molar-refractivity contribution in [3.63, 3.8) is 0 Å². The number of aromatic hydroxyl groups is 2. The monoisotopic (exact) mass is 388 g/mol. The van der Waals surface area contributed by atoms with E-state index in [1.165, 1.54) is 43.2 Å². The van der Waals surface area contributed by atoms with Gasteiger partial charge in [-0.15, -0.1) is 0 Å². The molecule has 4 bridgehead atoms. The van der Waals surface area contributed by atoms with E-state index in [1.807, 2.05) is 24.3 Å². The maximum atomic E-state index is 9.94. The standard InChI is InChI=1S/C22H22Cl2O2/c23-18-10-14(1-3-20(18)25)22(15-2-4-21(26)19(24)11-15)16-6-12-5-13(8-16)9-17(22)7-12/h1-4,10-13,16-17,25-26H,5-9H2. The third kappa shape index (κ3) is 2.25. The van der Waals surface area contributed by atoms with Crippen molar-refractivity contribution < 1.29 is 10.2 Å². The van der Waals surface area contributed by atoms with Gasteiger partial charge in [0.1, 0.15) is 11.5 Å². The molecule has 6 rings (SSSR count). The fourth-order valence-electron chi connectivity index (χ4n) is 6.57. The van der Waals surface area contributed by atoms with Crippen molar-refractivity contribution in [2.75, 3.05) is 0 Å². The molecule has 2 N–H and O–H groups in total. The Morgan fingerprint density at radius 3 is 1.50 bits per heavy atom. The number of rotatable bonds is 2. The van der Waals surface area contributed by atoms with Crippen molar-refractivity contribution in [1.29, 1.82) is 0 Å². The number of phenols is 2. The van der Waals surface area contributed by atoms with Crippen LogP contribution in [0.15, 0.2) is 36.4 Å². The van der Waals surface area contributed by atoms with Crippen LogP contribution < -0.4 is 0 Å². The van der Waals surface area contributed by atoms with Crippen LogP contribution in [0.2, 0.25) is 10.0 Å². The maximum absolute atomic E-state index is 9.94. The van der Waals surface area contributed by atoms with Crippen LogP contribution in [0.25, 0.3) is 0 Å². The van der Waals surface area contributed by atoms with Crippen molar-refractivity contribution >= 4 is 23.2 Å². The second-order valence-electron chi connectivity index (χ2n) is 8.51. The van der Waals surface area contributed by atoms with E-state index >= 15 is 0 Å². The highest BCUT2D eigenvalue weighted by Gasteiger charge is 2.58. The van der Waals surface area contributed by atoms with Gasteiger partial charge in [0.15, 0.2) is 0 Å². The predicted octanol–water partition coefficient (Wildman–Crippen LogP) is 6.15. The van der Waals surface area contributed by atoms with E-state index in [1.54, 1.807) is 12.1 Å². The Kier molecular flexibility index (Phi) is 3.75. The Balaban J connectivity index is 1.75. The number of hydrogen-bond donors (Lipinski definition) is 2. The van der Waals surface area contributed by atoms with Crippen molar-refractivity contribution in [3.05, 3.63) is 57.6 Å². The molecule has 4 aliphatic rings. The normalized spacial score (nSPS) is 31.3. The smallest absolute Gasteiger partial charge is 0.134 e. The third-order valence-electron chi connectivity index (χ3n) is 7.28. The number of phenolic OH excluding ortho intramolecular Hbond substituents is 2. The SMILES string of the molecule is Oc1ccc(C2(c3ccc(O)c(Cl)c3)C3CC4CC(C3)CC2C4)cc1Cl. The van der Waals surface area contributed by atoms with E-state index < -0.39 is 0 Å². The highest BCUT2D eigenvalue weighted by molar-refractivity contribution is 6.32. The summed E-state index contributed by atoms with van der Waals surface area (Å²) in [5, 5.41) is 20.7. The first kappa shape index (κ1) is 16.8. The first-order valence-corrected chi connectivity index (χ1v) is 10.2. The highest BCUT2D eigenvalue weighted by Crippen LogP contribution is 2.65. The van der Waals surface area contributed by atoms with Crippen LogP contribution >= 0.6 is 23.2 Å². The lowest BCUT2D eigenvalue weighted by molar-refractivity contribution is -0.0418. The fourth-order valence-corrected chi connectivity index (χ4v) is 6.93. The zero-order chi connectivity index (χ0) is 18.1. The molecular formula is C22H22Cl2O2. The van der Waals surface area contributed by atoms with Crippen molar-refractivity contribution in [1.82, 2.24) is 0 Å². The molecule has 0 saturated heterocycles. The molecule has 26 heavy (non-hydrogen) atoms. The second-order valence-corrected chi connectivity index (χ2v) is 9.32. The summed E-state index contributed by atoms with van der Waals surface area (Å²) in [7, 11) is 0. The van der Waals surface area contributed by atoms with E-state index in [0.717, 1.165) is 11.8 Å². The van der Waals surface area contributed by atoms with Crippen molar-refractivity contribution in [3.8, 4) is 11.5 Å². The third-order valence-corrected chi connectivity index (χ3v) is 7.88. The molecule has 0 aromatic heterocycles. The summed E-state index contributed by atoms with van der Waals surface area (Å²) >= 11 is 12.6. The highest BCUT2D eigenvalue weighted by atomic mass is 35.5. The van der Waals surface area contributed by atoms with Crippen LogP contribution in [-0.4, -0.2) is 10.2 Å². The molecule has 0 unspecified atom stereocenters. The van der Waals surface area contributed by atoms with Crippen LogP contribution in [0, 0.1) is 23.7 Å². The summed E-state index contributed by atoms with van der Waals surface area (Å²) < 4.78 is 0.